The summed E-state index contributed by atoms with van der Waals surface area (Å²) in [5.41, 5.74) is 0.354. The zero-order valence-corrected chi connectivity index (χ0v) is 20.4. The maximum atomic E-state index is 12.7. The molecule has 4 unspecified atom stereocenters. The van der Waals surface area contributed by atoms with Crippen LogP contribution in [-0.2, 0) is 14.3 Å². The summed E-state index contributed by atoms with van der Waals surface area (Å²) in [6.45, 7) is 5.70. The molecule has 2 amide bonds. The second kappa shape index (κ2) is 9.97. The van der Waals surface area contributed by atoms with E-state index in [1.165, 1.54) is 17.7 Å². The Morgan fingerprint density at radius 3 is 2.43 bits per heavy atom. The largest absolute Gasteiger partial charge is 0.382 e. The third-order valence-electron chi connectivity index (χ3n) is 7.20. The molecule has 1 heterocycles. The van der Waals surface area contributed by atoms with E-state index in [1.54, 1.807) is 7.05 Å². The SMILES string of the molecule is CCOCCC1(CNC(=NC)NCCCN2C(=O)C3C4C=CC(C4)C3C2=O)CC1.I. The zero-order chi connectivity index (χ0) is 20.4. The van der Waals surface area contributed by atoms with Crippen LogP contribution in [0.5, 0.6) is 0 Å². The molecular formula is C22H35IN4O3. The number of hydrogen-bond donors (Lipinski definition) is 2. The molecule has 2 saturated carbocycles. The second-order valence-corrected chi connectivity index (χ2v) is 8.98. The molecule has 1 aliphatic heterocycles. The molecule has 168 valence electrons. The van der Waals surface area contributed by atoms with Gasteiger partial charge in [-0.25, -0.2) is 0 Å². The monoisotopic (exact) mass is 530 g/mol. The number of carbonyl (C=O) groups is 2. The first-order chi connectivity index (χ1) is 14.1. The van der Waals surface area contributed by atoms with E-state index in [0.29, 0.717) is 18.5 Å². The maximum Gasteiger partial charge on any atom is 0.233 e. The molecule has 4 atom stereocenters. The summed E-state index contributed by atoms with van der Waals surface area (Å²) >= 11 is 0. The van der Waals surface area contributed by atoms with E-state index in [0.717, 1.165) is 45.0 Å². The molecular weight excluding hydrogens is 495 g/mol. The fourth-order valence-electron chi connectivity index (χ4n) is 5.25. The number of imide groups is 1. The topological polar surface area (TPSA) is 83.0 Å². The Kier molecular flexibility index (Phi) is 7.81. The van der Waals surface area contributed by atoms with Crippen molar-refractivity contribution in [1.82, 2.24) is 15.5 Å². The molecule has 2 bridgehead atoms. The summed E-state index contributed by atoms with van der Waals surface area (Å²) in [4.78, 5) is 31.2. The van der Waals surface area contributed by atoms with Gasteiger partial charge < -0.3 is 15.4 Å². The van der Waals surface area contributed by atoms with Crippen LogP contribution >= 0.6 is 24.0 Å². The van der Waals surface area contributed by atoms with Crippen molar-refractivity contribution in [2.24, 2.45) is 34.1 Å². The molecule has 0 aromatic heterocycles. The van der Waals surface area contributed by atoms with Gasteiger partial charge >= 0.3 is 0 Å². The molecule has 0 aromatic carbocycles. The Morgan fingerprint density at radius 2 is 1.87 bits per heavy atom. The number of nitrogens with zero attached hydrogens (tertiary/aromatic N) is 2. The van der Waals surface area contributed by atoms with Gasteiger partial charge in [-0.3, -0.25) is 19.5 Å². The Morgan fingerprint density at radius 1 is 1.20 bits per heavy atom. The minimum Gasteiger partial charge on any atom is -0.382 e. The van der Waals surface area contributed by atoms with E-state index in [2.05, 4.69) is 27.8 Å². The van der Waals surface area contributed by atoms with Crippen LogP contribution in [0.25, 0.3) is 0 Å². The third kappa shape index (κ3) is 4.69. The third-order valence-corrected chi connectivity index (χ3v) is 7.20. The number of allylic oxidation sites excluding steroid dienone is 2. The molecule has 1 saturated heterocycles. The van der Waals surface area contributed by atoms with Crippen molar-refractivity contribution in [3.8, 4) is 0 Å². The Labute approximate surface area is 196 Å². The summed E-state index contributed by atoms with van der Waals surface area (Å²) in [7, 11) is 1.77. The summed E-state index contributed by atoms with van der Waals surface area (Å²) in [6, 6.07) is 0. The van der Waals surface area contributed by atoms with Crippen molar-refractivity contribution in [3.05, 3.63) is 12.2 Å². The highest BCUT2D eigenvalue weighted by Crippen LogP contribution is 2.52. The Balaban J connectivity index is 0.00000256. The maximum absolute atomic E-state index is 12.7. The van der Waals surface area contributed by atoms with Gasteiger partial charge in [0.05, 0.1) is 11.8 Å². The first-order valence-electron chi connectivity index (χ1n) is 11.1. The van der Waals surface area contributed by atoms with Gasteiger partial charge in [-0.15, -0.1) is 24.0 Å². The first kappa shape index (κ1) is 23.5. The van der Waals surface area contributed by atoms with Gasteiger partial charge in [0.25, 0.3) is 0 Å². The van der Waals surface area contributed by atoms with Crippen LogP contribution in [0.2, 0.25) is 0 Å². The van der Waals surface area contributed by atoms with Crippen molar-refractivity contribution < 1.29 is 14.3 Å². The molecule has 3 fully saturated rings. The van der Waals surface area contributed by atoms with Crippen LogP contribution in [0.15, 0.2) is 17.1 Å². The molecule has 3 aliphatic carbocycles. The van der Waals surface area contributed by atoms with Gasteiger partial charge in [0.2, 0.25) is 11.8 Å². The number of hydrogen-bond acceptors (Lipinski definition) is 4. The van der Waals surface area contributed by atoms with E-state index in [4.69, 9.17) is 4.74 Å². The normalized spacial score (nSPS) is 30.5. The quantitative estimate of drug-likeness (QED) is 0.113. The highest BCUT2D eigenvalue weighted by atomic mass is 127. The zero-order valence-electron chi connectivity index (χ0n) is 18.1. The number of fused-ring (bicyclic) bond motifs is 5. The number of likely N-dealkylation sites (tertiary alicyclic amines) is 1. The minimum absolute atomic E-state index is 0. The average Bonchev–Trinajstić information content (AvgIpc) is 3.07. The lowest BCUT2D eigenvalue weighted by atomic mass is 9.85. The molecule has 2 N–H and O–H groups in total. The summed E-state index contributed by atoms with van der Waals surface area (Å²) in [5, 5.41) is 6.74. The molecule has 0 radical (unpaired) electrons. The van der Waals surface area contributed by atoms with Crippen LogP contribution < -0.4 is 10.6 Å². The standard InChI is InChI=1S/C22H34N4O3.HI/c1-3-29-12-9-22(7-8-22)14-25-21(23-2)24-10-4-11-26-19(27)17-15-5-6-16(13-15)18(17)20(26)28;/h5-6,15-18H,3-4,7-14H2,1-2H3,(H2,23,24,25);1H. The second-order valence-electron chi connectivity index (χ2n) is 8.98. The van der Waals surface area contributed by atoms with Crippen molar-refractivity contribution >= 4 is 41.8 Å². The van der Waals surface area contributed by atoms with Gasteiger partial charge in [0, 0.05) is 39.9 Å². The van der Waals surface area contributed by atoms with Crippen LogP contribution in [0, 0.1) is 29.1 Å². The fourth-order valence-corrected chi connectivity index (χ4v) is 5.25. The van der Waals surface area contributed by atoms with Gasteiger partial charge in [-0.1, -0.05) is 12.2 Å². The Hall–Kier alpha value is -1.16. The number of carbonyl (C=O) groups excluding carboxylic acids is 2. The molecule has 30 heavy (non-hydrogen) atoms. The van der Waals surface area contributed by atoms with Crippen LogP contribution in [-0.4, -0.2) is 62.6 Å². The number of nitrogens with one attached hydrogen (secondary N) is 2. The van der Waals surface area contributed by atoms with Gasteiger partial charge in [0.15, 0.2) is 5.96 Å². The average molecular weight is 530 g/mol. The molecule has 0 spiro atoms. The number of aliphatic imine (C=N–C) groups is 1. The van der Waals surface area contributed by atoms with E-state index >= 15 is 0 Å². The van der Waals surface area contributed by atoms with Crippen molar-refractivity contribution in [3.63, 3.8) is 0 Å². The van der Waals surface area contributed by atoms with E-state index < -0.39 is 0 Å². The summed E-state index contributed by atoms with van der Waals surface area (Å²) in [5.74, 6) is 1.26. The van der Waals surface area contributed by atoms with Crippen LogP contribution in [0.3, 0.4) is 0 Å². The van der Waals surface area contributed by atoms with E-state index in [-0.39, 0.29) is 59.5 Å². The number of amides is 2. The number of halogens is 1. The lowest BCUT2D eigenvalue weighted by molar-refractivity contribution is -0.140. The lowest BCUT2D eigenvalue weighted by Crippen LogP contribution is -2.42. The smallest absolute Gasteiger partial charge is 0.233 e. The first-order valence-corrected chi connectivity index (χ1v) is 11.1. The predicted molar refractivity (Wildman–Crippen MR) is 127 cm³/mol. The summed E-state index contributed by atoms with van der Waals surface area (Å²) < 4.78 is 5.50. The summed E-state index contributed by atoms with van der Waals surface area (Å²) in [6.07, 6.45) is 9.55. The van der Waals surface area contributed by atoms with Gasteiger partial charge in [-0.05, 0) is 56.3 Å². The van der Waals surface area contributed by atoms with Crippen LogP contribution in [0.4, 0.5) is 0 Å². The van der Waals surface area contributed by atoms with Gasteiger partial charge in [0.1, 0.15) is 0 Å². The fraction of sp³-hybridized carbons (Fsp3) is 0.773. The molecule has 7 nitrogen and oxygen atoms in total. The lowest BCUT2D eigenvalue weighted by Gasteiger charge is -2.20. The molecule has 0 aromatic rings. The molecule has 4 aliphatic rings. The highest BCUT2D eigenvalue weighted by molar-refractivity contribution is 14.0. The van der Waals surface area contributed by atoms with Gasteiger partial charge in [-0.2, -0.15) is 0 Å². The van der Waals surface area contributed by atoms with E-state index in [9.17, 15) is 9.59 Å². The highest BCUT2D eigenvalue weighted by Gasteiger charge is 2.58. The number of guanidine groups is 1. The molecule has 4 rings (SSSR count). The minimum atomic E-state index is -0.0914. The van der Waals surface area contributed by atoms with Crippen molar-refractivity contribution in [1.29, 1.82) is 0 Å². The number of ether oxygens (including phenoxy) is 1. The number of rotatable bonds is 10. The van der Waals surface area contributed by atoms with E-state index in [1.807, 2.05) is 6.92 Å². The van der Waals surface area contributed by atoms with Crippen LogP contribution in [0.1, 0.15) is 39.0 Å². The van der Waals surface area contributed by atoms with Crippen molar-refractivity contribution in [2.45, 2.75) is 39.0 Å². The Bertz CT molecular complexity index is 676. The van der Waals surface area contributed by atoms with Crippen molar-refractivity contribution in [2.75, 3.05) is 39.9 Å². The predicted octanol–water partition coefficient (Wildman–Crippen LogP) is 2.17. The molecule has 8 heteroatoms.